The van der Waals surface area contributed by atoms with Crippen molar-refractivity contribution in [3.63, 3.8) is 0 Å². The number of benzene rings is 2. The molecule has 0 heterocycles. The molecule has 0 spiro atoms. The summed E-state index contributed by atoms with van der Waals surface area (Å²) in [6.07, 6.45) is 4.69. The van der Waals surface area contributed by atoms with E-state index in [4.69, 9.17) is 0 Å². The van der Waals surface area contributed by atoms with Gasteiger partial charge in [-0.25, -0.2) is 0 Å². The van der Waals surface area contributed by atoms with E-state index in [2.05, 4.69) is 13.2 Å². The highest BCUT2D eigenvalue weighted by Crippen LogP contribution is 2.35. The third-order valence-corrected chi connectivity index (χ3v) is 3.06. The Morgan fingerprint density at radius 3 is 2.22 bits per heavy atom. The highest BCUT2D eigenvalue weighted by atomic mass is 16.3. The molecule has 0 radical (unpaired) electrons. The molecule has 2 N–H and O–H groups in total. The molecule has 0 aromatic heterocycles. The largest absolute Gasteiger partial charge is 0.508 e. The zero-order valence-electron chi connectivity index (χ0n) is 10.2. The first-order chi connectivity index (χ1) is 8.69. The van der Waals surface area contributed by atoms with Crippen molar-refractivity contribution < 1.29 is 10.2 Å². The predicted molar refractivity (Wildman–Crippen MR) is 75.1 cm³/mol. The van der Waals surface area contributed by atoms with E-state index in [1.165, 1.54) is 0 Å². The van der Waals surface area contributed by atoms with Crippen LogP contribution >= 0.6 is 0 Å². The monoisotopic (exact) mass is 240 g/mol. The molecule has 0 aliphatic rings. The number of aromatic hydroxyl groups is 2. The lowest BCUT2D eigenvalue weighted by molar-refractivity contribution is 0.469. The molecule has 2 aromatic rings. The van der Waals surface area contributed by atoms with Gasteiger partial charge in [0.1, 0.15) is 11.5 Å². The molecule has 0 saturated heterocycles. The van der Waals surface area contributed by atoms with Gasteiger partial charge in [-0.05, 0) is 35.9 Å². The average Bonchev–Trinajstić information content (AvgIpc) is 2.36. The number of hydrogen-bond donors (Lipinski definition) is 2. The van der Waals surface area contributed by atoms with E-state index in [-0.39, 0.29) is 11.5 Å². The van der Waals surface area contributed by atoms with Crippen LogP contribution < -0.4 is 0 Å². The Morgan fingerprint density at radius 2 is 1.56 bits per heavy atom. The second-order valence-electron chi connectivity index (χ2n) is 4.22. The molecule has 0 aliphatic carbocycles. The minimum Gasteiger partial charge on any atom is -0.508 e. The zero-order chi connectivity index (χ0) is 13.1. The second kappa shape index (κ2) is 4.96. The Kier molecular flexibility index (Phi) is 3.38. The lowest BCUT2D eigenvalue weighted by Gasteiger charge is -2.11. The molecule has 0 saturated carbocycles. The lowest BCUT2D eigenvalue weighted by atomic mass is 9.97. The van der Waals surface area contributed by atoms with Crippen LogP contribution in [0.15, 0.2) is 49.6 Å². The van der Waals surface area contributed by atoms with Gasteiger partial charge < -0.3 is 10.2 Å². The van der Waals surface area contributed by atoms with Gasteiger partial charge in [0.25, 0.3) is 0 Å². The normalized spacial score (nSPS) is 10.4. The van der Waals surface area contributed by atoms with Gasteiger partial charge in [0.05, 0.1) is 0 Å². The van der Waals surface area contributed by atoms with Crippen molar-refractivity contribution in [1.29, 1.82) is 0 Å². The minimum absolute atomic E-state index is 0.235. The topological polar surface area (TPSA) is 40.5 Å². The van der Waals surface area contributed by atoms with Crippen LogP contribution in [0.4, 0.5) is 0 Å². The summed E-state index contributed by atoms with van der Waals surface area (Å²) >= 11 is 0. The molecule has 0 aliphatic heterocycles. The average molecular weight is 240 g/mol. The van der Waals surface area contributed by atoms with E-state index in [0.717, 1.165) is 21.9 Å². The number of rotatable bonds is 4. The fraction of sp³-hybridized carbons (Fsp3) is 0.125. The van der Waals surface area contributed by atoms with Gasteiger partial charge in [-0.2, -0.15) is 0 Å². The van der Waals surface area contributed by atoms with Crippen LogP contribution in [0.5, 0.6) is 11.5 Å². The lowest BCUT2D eigenvalue weighted by Crippen LogP contribution is -1.89. The maximum atomic E-state index is 10.2. The van der Waals surface area contributed by atoms with Crippen LogP contribution in [0.25, 0.3) is 10.8 Å². The van der Waals surface area contributed by atoms with Gasteiger partial charge in [-0.15, -0.1) is 13.2 Å². The summed E-state index contributed by atoms with van der Waals surface area (Å²) in [5.74, 6) is 0.496. The molecule has 92 valence electrons. The first-order valence-corrected chi connectivity index (χ1v) is 5.86. The molecule has 2 heteroatoms. The van der Waals surface area contributed by atoms with Crippen molar-refractivity contribution in [2.45, 2.75) is 12.8 Å². The third kappa shape index (κ3) is 1.97. The van der Waals surface area contributed by atoms with E-state index < -0.39 is 0 Å². The summed E-state index contributed by atoms with van der Waals surface area (Å²) in [7, 11) is 0. The summed E-state index contributed by atoms with van der Waals surface area (Å²) in [6, 6.07) is 7.13. The Balaban J connectivity index is 2.72. The number of hydrogen-bond acceptors (Lipinski definition) is 2. The van der Waals surface area contributed by atoms with Crippen molar-refractivity contribution in [3.8, 4) is 11.5 Å². The third-order valence-electron chi connectivity index (χ3n) is 3.06. The van der Waals surface area contributed by atoms with E-state index in [1.807, 2.05) is 12.1 Å². The SMILES string of the molecule is C=CCc1ccc2c(CC=C)c(O)ccc2c1O. The summed E-state index contributed by atoms with van der Waals surface area (Å²) in [5.41, 5.74) is 1.63. The number of phenolic OH excluding ortho intramolecular Hbond substituents is 2. The van der Waals surface area contributed by atoms with Crippen LogP contribution in [-0.2, 0) is 12.8 Å². The maximum Gasteiger partial charge on any atom is 0.126 e. The molecule has 2 rings (SSSR count). The molecule has 0 fully saturated rings. The van der Waals surface area contributed by atoms with Crippen molar-refractivity contribution in [3.05, 3.63) is 60.7 Å². The van der Waals surface area contributed by atoms with E-state index in [9.17, 15) is 10.2 Å². The summed E-state index contributed by atoms with van der Waals surface area (Å²) in [4.78, 5) is 0. The number of phenols is 2. The van der Waals surface area contributed by atoms with Crippen LogP contribution in [0.3, 0.4) is 0 Å². The molecule has 0 amide bonds. The molecule has 2 aromatic carbocycles. The smallest absolute Gasteiger partial charge is 0.126 e. The molecule has 0 atom stereocenters. The van der Waals surface area contributed by atoms with Crippen molar-refractivity contribution >= 4 is 10.8 Å². The van der Waals surface area contributed by atoms with Gasteiger partial charge in [-0.1, -0.05) is 24.3 Å². The van der Waals surface area contributed by atoms with E-state index in [1.54, 1.807) is 24.3 Å². The quantitative estimate of drug-likeness (QED) is 0.800. The van der Waals surface area contributed by atoms with Crippen molar-refractivity contribution in [1.82, 2.24) is 0 Å². The van der Waals surface area contributed by atoms with Gasteiger partial charge in [0.2, 0.25) is 0 Å². The Hall–Kier alpha value is -2.22. The fourth-order valence-corrected chi connectivity index (χ4v) is 2.16. The zero-order valence-corrected chi connectivity index (χ0v) is 10.2. The van der Waals surface area contributed by atoms with Gasteiger partial charge in [-0.3, -0.25) is 0 Å². The highest BCUT2D eigenvalue weighted by Gasteiger charge is 2.10. The van der Waals surface area contributed by atoms with Crippen molar-refractivity contribution in [2.75, 3.05) is 0 Å². The molecule has 2 nitrogen and oxygen atoms in total. The molecule has 0 bridgehead atoms. The summed E-state index contributed by atoms with van der Waals surface area (Å²) < 4.78 is 0. The summed E-state index contributed by atoms with van der Waals surface area (Å²) in [6.45, 7) is 7.36. The summed E-state index contributed by atoms with van der Waals surface area (Å²) in [5, 5.41) is 21.7. The van der Waals surface area contributed by atoms with Crippen LogP contribution in [0.2, 0.25) is 0 Å². The Labute approximate surface area is 107 Å². The van der Waals surface area contributed by atoms with Crippen LogP contribution in [0.1, 0.15) is 11.1 Å². The van der Waals surface area contributed by atoms with E-state index >= 15 is 0 Å². The van der Waals surface area contributed by atoms with Gasteiger partial charge in [0, 0.05) is 10.9 Å². The first kappa shape index (κ1) is 12.2. The van der Waals surface area contributed by atoms with E-state index in [0.29, 0.717) is 12.8 Å². The maximum absolute atomic E-state index is 10.2. The Bertz CT molecular complexity index is 612. The number of allylic oxidation sites excluding steroid dienone is 2. The van der Waals surface area contributed by atoms with Crippen molar-refractivity contribution in [2.24, 2.45) is 0 Å². The Morgan fingerprint density at radius 1 is 0.889 bits per heavy atom. The molecule has 0 unspecified atom stereocenters. The van der Waals surface area contributed by atoms with Gasteiger partial charge in [0.15, 0.2) is 0 Å². The van der Waals surface area contributed by atoms with Crippen LogP contribution in [0, 0.1) is 0 Å². The predicted octanol–water partition coefficient (Wildman–Crippen LogP) is 3.71. The molecule has 18 heavy (non-hydrogen) atoms. The molecular formula is C16H16O2. The van der Waals surface area contributed by atoms with Crippen LogP contribution in [-0.4, -0.2) is 10.2 Å². The molecular weight excluding hydrogens is 224 g/mol. The second-order valence-corrected chi connectivity index (χ2v) is 4.22. The fourth-order valence-electron chi connectivity index (χ4n) is 2.16. The van der Waals surface area contributed by atoms with Gasteiger partial charge >= 0.3 is 0 Å². The standard InChI is InChI=1S/C16H16O2/c1-3-5-11-7-8-12-13(6-4-2)15(17)10-9-14(12)16(11)18/h3-4,7-10,17-18H,1-2,5-6H2. The number of fused-ring (bicyclic) bond motifs is 1. The first-order valence-electron chi connectivity index (χ1n) is 5.86. The minimum atomic E-state index is 0.235. The highest BCUT2D eigenvalue weighted by molar-refractivity contribution is 5.93.